The molecule has 1 saturated heterocycles. The van der Waals surface area contributed by atoms with Crippen LogP contribution in [0.3, 0.4) is 0 Å². The molecule has 1 nitrogen and oxygen atoms in total. The van der Waals surface area contributed by atoms with Gasteiger partial charge in [-0.2, -0.15) is 0 Å². The van der Waals surface area contributed by atoms with E-state index in [1.54, 1.807) is 0 Å². The van der Waals surface area contributed by atoms with Crippen molar-refractivity contribution >= 4 is 0 Å². The first kappa shape index (κ1) is 9.90. The van der Waals surface area contributed by atoms with Crippen LogP contribution in [0.15, 0.2) is 0 Å². The zero-order valence-corrected chi connectivity index (χ0v) is 7.98. The van der Waals surface area contributed by atoms with E-state index in [-0.39, 0.29) is 13.1 Å². The smallest absolute Gasteiger partial charge is 0.272 e. The molecular weight excluding hydrogens is 160 g/mol. The van der Waals surface area contributed by atoms with Crippen LogP contribution in [-0.2, 0) is 0 Å². The van der Waals surface area contributed by atoms with E-state index in [1.165, 1.54) is 0 Å². The molecule has 0 radical (unpaired) electrons. The Balaban J connectivity index is 2.39. The van der Waals surface area contributed by atoms with Crippen LogP contribution in [0.2, 0.25) is 0 Å². The number of hydrogen-bond acceptors (Lipinski definition) is 1. The van der Waals surface area contributed by atoms with Crippen LogP contribution >= 0.6 is 0 Å². The van der Waals surface area contributed by atoms with E-state index in [0.717, 1.165) is 6.42 Å². The number of alkyl halides is 2. The Kier molecular flexibility index (Phi) is 2.71. The fourth-order valence-corrected chi connectivity index (χ4v) is 1.93. The van der Waals surface area contributed by atoms with Crippen molar-refractivity contribution in [2.24, 2.45) is 5.92 Å². The summed E-state index contributed by atoms with van der Waals surface area (Å²) in [7, 11) is 0. The van der Waals surface area contributed by atoms with Gasteiger partial charge in [0.25, 0.3) is 5.92 Å². The second-order valence-electron chi connectivity index (χ2n) is 3.98. The Morgan fingerprint density at radius 2 is 1.83 bits per heavy atom. The van der Waals surface area contributed by atoms with Gasteiger partial charge in [-0.1, -0.05) is 20.8 Å². The zero-order chi connectivity index (χ0) is 9.35. The predicted molar refractivity (Wildman–Crippen MR) is 45.4 cm³/mol. The topological polar surface area (TPSA) is 3.24 Å². The van der Waals surface area contributed by atoms with Crippen molar-refractivity contribution in [3.8, 4) is 0 Å². The molecule has 1 aliphatic heterocycles. The van der Waals surface area contributed by atoms with Gasteiger partial charge < -0.3 is 0 Å². The van der Waals surface area contributed by atoms with E-state index in [9.17, 15) is 8.78 Å². The van der Waals surface area contributed by atoms with Crippen molar-refractivity contribution in [3.05, 3.63) is 0 Å². The third-order valence-corrected chi connectivity index (χ3v) is 2.53. The molecule has 0 N–H and O–H groups in total. The van der Waals surface area contributed by atoms with E-state index < -0.39 is 5.92 Å². The van der Waals surface area contributed by atoms with Gasteiger partial charge in [-0.25, -0.2) is 8.78 Å². The molecule has 12 heavy (non-hydrogen) atoms. The van der Waals surface area contributed by atoms with Crippen LogP contribution in [0.25, 0.3) is 0 Å². The van der Waals surface area contributed by atoms with Crippen LogP contribution in [-0.4, -0.2) is 30.0 Å². The molecule has 1 aliphatic rings. The summed E-state index contributed by atoms with van der Waals surface area (Å²) >= 11 is 0. The highest BCUT2D eigenvalue weighted by Crippen LogP contribution is 2.31. The molecular formula is C9H17F2N. The normalized spacial score (nSPS) is 25.5. The molecule has 1 rings (SSSR count). The summed E-state index contributed by atoms with van der Waals surface area (Å²) in [6.07, 6.45) is 0.966. The molecule has 0 saturated carbocycles. The number of hydrogen-bond donors (Lipinski definition) is 0. The fraction of sp³-hybridized carbons (Fsp3) is 1.00. The van der Waals surface area contributed by atoms with Crippen molar-refractivity contribution in [2.75, 3.05) is 13.1 Å². The highest BCUT2D eigenvalue weighted by Gasteiger charge is 2.46. The Morgan fingerprint density at radius 3 is 2.08 bits per heavy atom. The molecule has 1 unspecified atom stereocenters. The summed E-state index contributed by atoms with van der Waals surface area (Å²) in [5.74, 6) is -1.94. The molecule has 0 aromatic carbocycles. The van der Waals surface area contributed by atoms with Gasteiger partial charge in [0.2, 0.25) is 0 Å². The average molecular weight is 177 g/mol. The molecule has 0 spiro atoms. The van der Waals surface area contributed by atoms with Gasteiger partial charge in [0.15, 0.2) is 0 Å². The maximum Gasteiger partial charge on any atom is 0.272 e. The molecule has 1 atom stereocenters. The van der Waals surface area contributed by atoms with Gasteiger partial charge in [-0.3, -0.25) is 4.90 Å². The standard InChI is InChI=1S/C9H17F2N/c1-4-8(7(2)3)12-5-9(10,11)6-12/h7-8H,4-6H2,1-3H3. The van der Waals surface area contributed by atoms with Gasteiger partial charge in [-0.05, 0) is 12.3 Å². The van der Waals surface area contributed by atoms with Crippen LogP contribution in [0.1, 0.15) is 27.2 Å². The molecule has 0 amide bonds. The maximum atomic E-state index is 12.5. The summed E-state index contributed by atoms with van der Waals surface area (Å²) in [4.78, 5) is 1.88. The minimum Gasteiger partial charge on any atom is -0.288 e. The van der Waals surface area contributed by atoms with Crippen molar-refractivity contribution < 1.29 is 8.78 Å². The Labute approximate surface area is 72.7 Å². The van der Waals surface area contributed by atoms with Crippen LogP contribution in [0.5, 0.6) is 0 Å². The minimum atomic E-state index is -2.41. The summed E-state index contributed by atoms with van der Waals surface area (Å²) in [5, 5.41) is 0. The molecule has 0 aliphatic carbocycles. The monoisotopic (exact) mass is 177 g/mol. The molecule has 0 aromatic heterocycles. The SMILES string of the molecule is CCC(C(C)C)N1CC(F)(F)C1. The number of rotatable bonds is 3. The third kappa shape index (κ3) is 1.94. The first-order valence-electron chi connectivity index (χ1n) is 4.58. The average Bonchev–Trinajstić information content (AvgIpc) is 1.84. The summed E-state index contributed by atoms with van der Waals surface area (Å²) in [6.45, 7) is 6.16. The minimum absolute atomic E-state index is 0.0380. The van der Waals surface area contributed by atoms with Crippen molar-refractivity contribution in [3.63, 3.8) is 0 Å². The molecule has 1 heterocycles. The first-order chi connectivity index (χ1) is 5.46. The van der Waals surface area contributed by atoms with E-state index in [4.69, 9.17) is 0 Å². The summed E-state index contributed by atoms with van der Waals surface area (Å²) in [6, 6.07) is 0.338. The lowest BCUT2D eigenvalue weighted by molar-refractivity contribution is -0.151. The second kappa shape index (κ2) is 3.29. The number of nitrogens with zero attached hydrogens (tertiary/aromatic N) is 1. The Hall–Kier alpha value is -0.180. The Morgan fingerprint density at radius 1 is 1.33 bits per heavy atom. The van der Waals surface area contributed by atoms with E-state index in [1.807, 2.05) is 4.90 Å². The van der Waals surface area contributed by atoms with Crippen LogP contribution in [0.4, 0.5) is 8.78 Å². The summed E-state index contributed by atoms with van der Waals surface area (Å²) < 4.78 is 25.0. The highest BCUT2D eigenvalue weighted by atomic mass is 19.3. The number of likely N-dealkylation sites (tertiary alicyclic amines) is 1. The maximum absolute atomic E-state index is 12.5. The molecule has 3 heteroatoms. The lowest BCUT2D eigenvalue weighted by Crippen LogP contribution is -2.60. The summed E-state index contributed by atoms with van der Waals surface area (Å²) in [5.41, 5.74) is 0. The van der Waals surface area contributed by atoms with Crippen molar-refractivity contribution in [1.82, 2.24) is 4.90 Å². The van der Waals surface area contributed by atoms with Gasteiger partial charge in [-0.15, -0.1) is 0 Å². The van der Waals surface area contributed by atoms with E-state index >= 15 is 0 Å². The van der Waals surface area contributed by atoms with Crippen LogP contribution in [0, 0.1) is 5.92 Å². The van der Waals surface area contributed by atoms with Crippen molar-refractivity contribution in [2.45, 2.75) is 39.2 Å². The highest BCUT2D eigenvalue weighted by molar-refractivity contribution is 4.91. The van der Waals surface area contributed by atoms with Gasteiger partial charge in [0.05, 0.1) is 13.1 Å². The quantitative estimate of drug-likeness (QED) is 0.639. The predicted octanol–water partition coefficient (Wildman–Crippen LogP) is 2.37. The number of halogens is 2. The largest absolute Gasteiger partial charge is 0.288 e. The molecule has 0 bridgehead atoms. The zero-order valence-electron chi connectivity index (χ0n) is 7.98. The molecule has 1 fully saturated rings. The van der Waals surface area contributed by atoms with E-state index in [0.29, 0.717) is 12.0 Å². The van der Waals surface area contributed by atoms with Gasteiger partial charge in [0, 0.05) is 6.04 Å². The fourth-order valence-electron chi connectivity index (χ4n) is 1.93. The van der Waals surface area contributed by atoms with Crippen molar-refractivity contribution in [1.29, 1.82) is 0 Å². The lowest BCUT2D eigenvalue weighted by Gasteiger charge is -2.45. The van der Waals surface area contributed by atoms with Gasteiger partial charge >= 0.3 is 0 Å². The van der Waals surface area contributed by atoms with Crippen LogP contribution < -0.4 is 0 Å². The molecule has 72 valence electrons. The Bertz CT molecular complexity index is 149. The second-order valence-corrected chi connectivity index (χ2v) is 3.98. The lowest BCUT2D eigenvalue weighted by atomic mass is 9.95. The first-order valence-corrected chi connectivity index (χ1v) is 4.58. The van der Waals surface area contributed by atoms with Gasteiger partial charge in [0.1, 0.15) is 0 Å². The third-order valence-electron chi connectivity index (χ3n) is 2.53. The van der Waals surface area contributed by atoms with E-state index in [2.05, 4.69) is 20.8 Å². The molecule has 0 aromatic rings.